The highest BCUT2D eigenvalue weighted by Gasteiger charge is 2.29. The van der Waals surface area contributed by atoms with Crippen molar-refractivity contribution in [3.8, 4) is 0 Å². The molecule has 0 spiro atoms. The molecule has 0 fully saturated rings. The van der Waals surface area contributed by atoms with Gasteiger partial charge in [-0.2, -0.15) is 13.2 Å². The summed E-state index contributed by atoms with van der Waals surface area (Å²) in [6.45, 7) is 1.90. The number of hydrogen-bond acceptors (Lipinski definition) is 2. The highest BCUT2D eigenvalue weighted by Crippen LogP contribution is 2.12. The number of carbonyl (C=O) groups excluding carboxylic acids is 1. The number of nitrogens with two attached hydrogens (primary N) is 1. The van der Waals surface area contributed by atoms with Crippen LogP contribution in [0.4, 0.5) is 18.0 Å². The molecule has 0 bridgehead atoms. The molecular formula is C8H14F3N3OS. The van der Waals surface area contributed by atoms with Gasteiger partial charge in [0.05, 0.1) is 11.5 Å². The van der Waals surface area contributed by atoms with Gasteiger partial charge in [0.25, 0.3) is 0 Å². The first-order chi connectivity index (χ1) is 7.13. The number of nitrogens with zero attached hydrogens (tertiary/aromatic N) is 1. The van der Waals surface area contributed by atoms with Crippen molar-refractivity contribution in [2.75, 3.05) is 13.1 Å². The molecule has 0 saturated heterocycles. The van der Waals surface area contributed by atoms with Crippen LogP contribution in [0, 0.1) is 0 Å². The van der Waals surface area contributed by atoms with Gasteiger partial charge in [0.1, 0.15) is 6.54 Å². The molecule has 0 unspecified atom stereocenters. The number of thiocarbonyl (C=S) groups is 1. The molecule has 0 aromatic rings. The number of halogens is 3. The second-order valence-corrected chi connectivity index (χ2v) is 3.99. The quantitative estimate of drug-likeness (QED) is 0.745. The molecule has 4 nitrogen and oxygen atoms in total. The minimum atomic E-state index is -4.43. The van der Waals surface area contributed by atoms with Gasteiger partial charge in [-0.3, -0.25) is 0 Å². The Labute approximate surface area is 97.0 Å². The monoisotopic (exact) mass is 257 g/mol. The summed E-state index contributed by atoms with van der Waals surface area (Å²) in [6.07, 6.45) is -4.43. The standard InChI is InChI=1S/C8H14F3N3OS/c1-5(2)14(3-6(12)16)7(15)13-4-8(9,10)11/h5H,3-4H2,1-2H3,(H2,12,16)(H,13,15). The molecule has 0 radical (unpaired) electrons. The maximum absolute atomic E-state index is 11.9. The number of nitrogens with one attached hydrogen (secondary N) is 1. The average molecular weight is 257 g/mol. The molecular weight excluding hydrogens is 243 g/mol. The first-order valence-corrected chi connectivity index (χ1v) is 4.94. The highest BCUT2D eigenvalue weighted by atomic mass is 32.1. The summed E-state index contributed by atoms with van der Waals surface area (Å²) in [4.78, 5) is 12.6. The number of alkyl halides is 3. The first-order valence-electron chi connectivity index (χ1n) is 4.53. The van der Waals surface area contributed by atoms with Crippen molar-refractivity contribution in [1.82, 2.24) is 10.2 Å². The first kappa shape index (κ1) is 14.9. The van der Waals surface area contributed by atoms with E-state index in [2.05, 4.69) is 12.2 Å². The fraction of sp³-hybridized carbons (Fsp3) is 0.750. The van der Waals surface area contributed by atoms with Crippen LogP contribution in [0.3, 0.4) is 0 Å². The van der Waals surface area contributed by atoms with Gasteiger partial charge in [-0.05, 0) is 13.8 Å². The van der Waals surface area contributed by atoms with Crippen LogP contribution in [0.1, 0.15) is 13.8 Å². The summed E-state index contributed by atoms with van der Waals surface area (Å²) < 4.78 is 35.6. The summed E-state index contributed by atoms with van der Waals surface area (Å²) in [6, 6.07) is -1.12. The number of urea groups is 1. The molecule has 0 saturated carbocycles. The summed E-state index contributed by atoms with van der Waals surface area (Å²) in [5.41, 5.74) is 5.24. The Bertz CT molecular complexity index is 268. The lowest BCUT2D eigenvalue weighted by Gasteiger charge is -2.26. The van der Waals surface area contributed by atoms with E-state index in [0.29, 0.717) is 0 Å². The van der Waals surface area contributed by atoms with Crippen LogP contribution in [0.15, 0.2) is 0 Å². The molecule has 94 valence electrons. The van der Waals surface area contributed by atoms with E-state index >= 15 is 0 Å². The summed E-state index contributed by atoms with van der Waals surface area (Å²) >= 11 is 4.60. The normalized spacial score (nSPS) is 11.4. The fourth-order valence-corrected chi connectivity index (χ4v) is 1.07. The van der Waals surface area contributed by atoms with E-state index < -0.39 is 18.8 Å². The van der Waals surface area contributed by atoms with E-state index in [1.807, 2.05) is 0 Å². The minimum absolute atomic E-state index is 0.0449. The maximum atomic E-state index is 11.9. The number of carbonyl (C=O) groups is 1. The lowest BCUT2D eigenvalue weighted by atomic mass is 10.3. The SMILES string of the molecule is CC(C)N(CC(N)=S)C(=O)NCC(F)(F)F. The van der Waals surface area contributed by atoms with Gasteiger partial charge < -0.3 is 16.0 Å². The van der Waals surface area contributed by atoms with Crippen molar-refractivity contribution in [3.05, 3.63) is 0 Å². The Morgan fingerprint density at radius 3 is 2.31 bits per heavy atom. The summed E-state index contributed by atoms with van der Waals surface area (Å²) in [5, 5.41) is 1.76. The predicted octanol–water partition coefficient (Wildman–Crippen LogP) is 1.25. The van der Waals surface area contributed by atoms with Crippen LogP contribution in [-0.2, 0) is 0 Å². The van der Waals surface area contributed by atoms with Crippen LogP contribution in [-0.4, -0.2) is 41.2 Å². The molecule has 0 rings (SSSR count). The van der Waals surface area contributed by atoms with Crippen molar-refractivity contribution in [3.63, 3.8) is 0 Å². The van der Waals surface area contributed by atoms with Crippen LogP contribution in [0.25, 0.3) is 0 Å². The molecule has 0 aliphatic carbocycles. The topological polar surface area (TPSA) is 58.4 Å². The molecule has 0 aliphatic heterocycles. The van der Waals surface area contributed by atoms with Crippen LogP contribution < -0.4 is 11.1 Å². The van der Waals surface area contributed by atoms with Gasteiger partial charge in [-0.15, -0.1) is 0 Å². The second kappa shape index (κ2) is 5.88. The Morgan fingerprint density at radius 2 is 2.00 bits per heavy atom. The van der Waals surface area contributed by atoms with E-state index in [0.717, 1.165) is 4.90 Å². The zero-order chi connectivity index (χ0) is 12.9. The molecule has 0 aliphatic rings. The smallest absolute Gasteiger partial charge is 0.392 e. The van der Waals surface area contributed by atoms with Crippen LogP contribution in [0.5, 0.6) is 0 Å². The maximum Gasteiger partial charge on any atom is 0.405 e. The van der Waals surface area contributed by atoms with Crippen molar-refractivity contribution in [2.24, 2.45) is 5.73 Å². The van der Waals surface area contributed by atoms with Crippen molar-refractivity contribution >= 4 is 23.2 Å². The highest BCUT2D eigenvalue weighted by molar-refractivity contribution is 7.80. The van der Waals surface area contributed by atoms with Gasteiger partial charge in [-0.1, -0.05) is 12.2 Å². The molecule has 3 N–H and O–H groups in total. The third-order valence-corrected chi connectivity index (χ3v) is 1.78. The van der Waals surface area contributed by atoms with Crippen LogP contribution in [0.2, 0.25) is 0 Å². The van der Waals surface area contributed by atoms with Gasteiger partial charge >= 0.3 is 12.2 Å². The molecule has 0 atom stereocenters. The Balaban J connectivity index is 4.34. The van der Waals surface area contributed by atoms with Gasteiger partial charge in [0, 0.05) is 6.04 Å². The van der Waals surface area contributed by atoms with Gasteiger partial charge in [0.15, 0.2) is 0 Å². The van der Waals surface area contributed by atoms with Gasteiger partial charge in [0.2, 0.25) is 0 Å². The average Bonchev–Trinajstić information content (AvgIpc) is 2.08. The van der Waals surface area contributed by atoms with Gasteiger partial charge in [-0.25, -0.2) is 4.79 Å². The lowest BCUT2D eigenvalue weighted by molar-refractivity contribution is -0.123. The molecule has 16 heavy (non-hydrogen) atoms. The Kier molecular flexibility index (Phi) is 5.49. The predicted molar refractivity (Wildman–Crippen MR) is 58.1 cm³/mol. The molecule has 8 heteroatoms. The third-order valence-electron chi connectivity index (χ3n) is 1.65. The Morgan fingerprint density at radius 1 is 1.50 bits per heavy atom. The zero-order valence-electron chi connectivity index (χ0n) is 8.97. The fourth-order valence-electron chi connectivity index (χ4n) is 0.934. The van der Waals surface area contributed by atoms with E-state index in [9.17, 15) is 18.0 Å². The third kappa shape index (κ3) is 6.44. The minimum Gasteiger partial charge on any atom is -0.392 e. The van der Waals surface area contributed by atoms with Crippen molar-refractivity contribution in [2.45, 2.75) is 26.1 Å². The second-order valence-electron chi connectivity index (χ2n) is 3.46. The summed E-state index contributed by atoms with van der Waals surface area (Å²) in [7, 11) is 0. The van der Waals surface area contributed by atoms with Crippen molar-refractivity contribution in [1.29, 1.82) is 0 Å². The summed E-state index contributed by atoms with van der Waals surface area (Å²) in [5.74, 6) is 0. The van der Waals surface area contributed by atoms with Crippen molar-refractivity contribution < 1.29 is 18.0 Å². The molecule has 0 heterocycles. The lowest BCUT2D eigenvalue weighted by Crippen LogP contribution is -2.49. The molecule has 2 amide bonds. The van der Waals surface area contributed by atoms with E-state index in [1.165, 1.54) is 0 Å². The number of amides is 2. The Hall–Kier alpha value is -1.05. The number of rotatable bonds is 4. The number of hydrogen-bond donors (Lipinski definition) is 2. The zero-order valence-corrected chi connectivity index (χ0v) is 9.78. The largest absolute Gasteiger partial charge is 0.405 e. The molecule has 0 aromatic heterocycles. The van der Waals surface area contributed by atoms with E-state index in [1.54, 1.807) is 19.2 Å². The molecule has 0 aromatic carbocycles. The van der Waals surface area contributed by atoms with Crippen LogP contribution >= 0.6 is 12.2 Å². The van der Waals surface area contributed by atoms with E-state index in [4.69, 9.17) is 5.73 Å². The van der Waals surface area contributed by atoms with E-state index in [-0.39, 0.29) is 17.6 Å².